The van der Waals surface area contributed by atoms with Crippen molar-refractivity contribution in [2.75, 3.05) is 12.4 Å². The molecule has 5 nitrogen and oxygen atoms in total. The minimum Gasteiger partial charge on any atom is -0.493 e. The summed E-state index contributed by atoms with van der Waals surface area (Å²) in [5.74, 6) is 0.278. The molecule has 0 radical (unpaired) electrons. The van der Waals surface area contributed by atoms with E-state index in [-0.39, 0.29) is 5.57 Å². The fourth-order valence-electron chi connectivity index (χ4n) is 3.06. The van der Waals surface area contributed by atoms with Crippen molar-refractivity contribution in [1.29, 1.82) is 5.26 Å². The average Bonchev–Trinajstić information content (AvgIpc) is 2.80. The Bertz CT molecular complexity index is 1250. The molecule has 0 aliphatic carbocycles. The van der Waals surface area contributed by atoms with E-state index in [2.05, 4.69) is 34.2 Å². The van der Waals surface area contributed by atoms with Crippen molar-refractivity contribution >= 4 is 45.2 Å². The highest BCUT2D eigenvalue weighted by atomic mass is 79.9. The van der Waals surface area contributed by atoms with E-state index in [1.165, 1.54) is 24.3 Å². The van der Waals surface area contributed by atoms with Gasteiger partial charge in [-0.25, -0.2) is 0 Å². The van der Waals surface area contributed by atoms with Crippen molar-refractivity contribution in [3.05, 3.63) is 91.9 Å². The Balaban J connectivity index is 1.81. The highest BCUT2D eigenvalue weighted by Gasteiger charge is 2.15. The molecule has 3 aromatic carbocycles. The number of hydrogen-bond acceptors (Lipinski definition) is 4. The number of carbonyl (C=O) groups is 1. The lowest BCUT2D eigenvalue weighted by Gasteiger charge is -2.14. The Morgan fingerprint density at radius 1 is 1.12 bits per heavy atom. The summed E-state index contributed by atoms with van der Waals surface area (Å²) in [5, 5.41) is 12.5. The molecule has 0 aliphatic rings. The van der Waals surface area contributed by atoms with E-state index in [9.17, 15) is 10.1 Å². The molecule has 1 N–H and O–H groups in total. The van der Waals surface area contributed by atoms with Gasteiger partial charge < -0.3 is 14.8 Å². The minimum atomic E-state index is -0.523. The number of hydrogen-bond donors (Lipinski definition) is 1. The third-order valence-electron chi connectivity index (χ3n) is 4.98. The summed E-state index contributed by atoms with van der Waals surface area (Å²) in [7, 11) is 1.51. The summed E-state index contributed by atoms with van der Waals surface area (Å²) in [6.45, 7) is 4.43. The molecule has 0 saturated heterocycles. The van der Waals surface area contributed by atoms with E-state index in [4.69, 9.17) is 21.1 Å². The lowest BCUT2D eigenvalue weighted by Crippen LogP contribution is -2.13. The van der Waals surface area contributed by atoms with Crippen LogP contribution in [0.2, 0.25) is 5.02 Å². The van der Waals surface area contributed by atoms with Crippen molar-refractivity contribution in [1.82, 2.24) is 0 Å². The molecule has 168 valence electrons. The molecule has 7 heteroatoms. The Morgan fingerprint density at radius 2 is 1.85 bits per heavy atom. The van der Waals surface area contributed by atoms with Crippen LogP contribution in [-0.2, 0) is 11.4 Å². The van der Waals surface area contributed by atoms with Gasteiger partial charge in [-0.1, -0.05) is 45.7 Å². The molecular weight excluding hydrogens is 504 g/mol. The summed E-state index contributed by atoms with van der Waals surface area (Å²) in [6, 6.07) is 18.4. The van der Waals surface area contributed by atoms with Crippen LogP contribution in [0.1, 0.15) is 22.3 Å². The first-order valence-electron chi connectivity index (χ1n) is 10.1. The number of carbonyl (C=O) groups excluding carboxylic acids is 1. The number of rotatable bonds is 7. The summed E-state index contributed by atoms with van der Waals surface area (Å²) in [6.07, 6.45) is 1.45. The fraction of sp³-hybridized carbons (Fsp3) is 0.154. The molecule has 0 aromatic heterocycles. The predicted molar refractivity (Wildman–Crippen MR) is 135 cm³/mol. The van der Waals surface area contributed by atoms with E-state index >= 15 is 0 Å². The smallest absolute Gasteiger partial charge is 0.266 e. The van der Waals surface area contributed by atoms with E-state index in [1.807, 2.05) is 25.1 Å². The Morgan fingerprint density at radius 3 is 2.48 bits per heavy atom. The maximum absolute atomic E-state index is 12.5. The second kappa shape index (κ2) is 11.0. The monoisotopic (exact) mass is 524 g/mol. The van der Waals surface area contributed by atoms with Gasteiger partial charge in [0.15, 0.2) is 11.5 Å². The number of nitrogens with one attached hydrogen (secondary N) is 1. The first-order valence-corrected chi connectivity index (χ1v) is 11.2. The summed E-state index contributed by atoms with van der Waals surface area (Å²) >= 11 is 9.81. The van der Waals surface area contributed by atoms with Gasteiger partial charge in [0.25, 0.3) is 5.91 Å². The van der Waals surface area contributed by atoms with Gasteiger partial charge in [0.1, 0.15) is 18.2 Å². The second-order valence-corrected chi connectivity index (χ2v) is 8.70. The summed E-state index contributed by atoms with van der Waals surface area (Å²) < 4.78 is 12.3. The van der Waals surface area contributed by atoms with Crippen LogP contribution in [0.4, 0.5) is 5.69 Å². The van der Waals surface area contributed by atoms with Crippen molar-refractivity contribution in [3.8, 4) is 17.6 Å². The van der Waals surface area contributed by atoms with Gasteiger partial charge in [0, 0.05) is 10.2 Å². The number of amides is 1. The topological polar surface area (TPSA) is 71.3 Å². The highest BCUT2D eigenvalue weighted by molar-refractivity contribution is 9.10. The Hall–Kier alpha value is -3.27. The molecule has 0 aliphatic heterocycles. The molecular formula is C26H22BrClN2O3. The first kappa shape index (κ1) is 24.4. The van der Waals surface area contributed by atoms with E-state index in [1.54, 1.807) is 36.4 Å². The standard InChI is InChI=1S/C26H22BrClN2O3/c1-16-4-5-18(10-17(16)2)15-33-25-23(28)12-19(13-24(25)32-3)11-20(14-29)26(31)30-22-8-6-21(27)7-9-22/h4-13H,15H2,1-3H3,(H,30,31)/b20-11+. The molecule has 0 bridgehead atoms. The van der Waals surface area contributed by atoms with Crippen molar-refractivity contribution in [2.24, 2.45) is 0 Å². The van der Waals surface area contributed by atoms with Crippen LogP contribution in [0.15, 0.2) is 64.6 Å². The number of nitriles is 1. The van der Waals surface area contributed by atoms with Gasteiger partial charge in [-0.15, -0.1) is 0 Å². The number of methoxy groups -OCH3 is 1. The van der Waals surface area contributed by atoms with Crippen LogP contribution in [0.3, 0.4) is 0 Å². The molecule has 0 unspecified atom stereocenters. The normalized spacial score (nSPS) is 11.0. The lowest BCUT2D eigenvalue weighted by atomic mass is 10.1. The average molecular weight is 526 g/mol. The molecule has 3 aromatic rings. The van der Waals surface area contributed by atoms with Crippen LogP contribution in [0, 0.1) is 25.2 Å². The zero-order valence-electron chi connectivity index (χ0n) is 18.4. The van der Waals surface area contributed by atoms with E-state index in [0.29, 0.717) is 34.4 Å². The van der Waals surface area contributed by atoms with E-state index < -0.39 is 5.91 Å². The largest absolute Gasteiger partial charge is 0.493 e. The fourth-order valence-corrected chi connectivity index (χ4v) is 3.60. The van der Waals surface area contributed by atoms with Gasteiger partial charge in [0.05, 0.1) is 12.1 Å². The maximum atomic E-state index is 12.5. The zero-order chi connectivity index (χ0) is 24.0. The highest BCUT2D eigenvalue weighted by Crippen LogP contribution is 2.37. The van der Waals surface area contributed by atoms with Gasteiger partial charge >= 0.3 is 0 Å². The predicted octanol–water partition coefficient (Wildman–Crippen LogP) is 6.85. The molecule has 0 heterocycles. The van der Waals surface area contributed by atoms with Crippen LogP contribution >= 0.6 is 27.5 Å². The first-order chi connectivity index (χ1) is 15.8. The quantitative estimate of drug-likeness (QED) is 0.270. The zero-order valence-corrected chi connectivity index (χ0v) is 20.8. The van der Waals surface area contributed by atoms with Crippen molar-refractivity contribution < 1.29 is 14.3 Å². The number of nitrogens with zero attached hydrogens (tertiary/aromatic N) is 1. The van der Waals surface area contributed by atoms with Crippen LogP contribution in [-0.4, -0.2) is 13.0 Å². The van der Waals surface area contributed by atoms with Gasteiger partial charge in [-0.3, -0.25) is 4.79 Å². The van der Waals surface area contributed by atoms with Gasteiger partial charge in [0.2, 0.25) is 0 Å². The second-order valence-electron chi connectivity index (χ2n) is 7.37. The third kappa shape index (κ3) is 6.38. The van der Waals surface area contributed by atoms with Gasteiger partial charge in [-0.2, -0.15) is 5.26 Å². The Kier molecular flexibility index (Phi) is 8.16. The minimum absolute atomic E-state index is 0.0696. The van der Waals surface area contributed by atoms with Crippen LogP contribution in [0.5, 0.6) is 11.5 Å². The van der Waals surface area contributed by atoms with Crippen molar-refractivity contribution in [2.45, 2.75) is 20.5 Å². The molecule has 3 rings (SSSR count). The molecule has 0 atom stereocenters. The Labute approximate surface area is 206 Å². The van der Waals surface area contributed by atoms with Crippen LogP contribution in [0.25, 0.3) is 6.08 Å². The number of ether oxygens (including phenoxy) is 2. The van der Waals surface area contributed by atoms with E-state index in [0.717, 1.165) is 10.0 Å². The molecule has 0 fully saturated rings. The SMILES string of the molecule is COc1cc(/C=C(\C#N)C(=O)Nc2ccc(Br)cc2)cc(Cl)c1OCc1ccc(C)c(C)c1. The number of benzene rings is 3. The van der Waals surface area contributed by atoms with Crippen LogP contribution < -0.4 is 14.8 Å². The third-order valence-corrected chi connectivity index (χ3v) is 5.79. The number of halogens is 2. The summed E-state index contributed by atoms with van der Waals surface area (Å²) in [4.78, 5) is 12.5. The summed E-state index contributed by atoms with van der Waals surface area (Å²) in [5.41, 5.74) is 4.45. The number of aryl methyl sites for hydroxylation is 2. The number of anilines is 1. The van der Waals surface area contributed by atoms with Crippen molar-refractivity contribution in [3.63, 3.8) is 0 Å². The van der Waals surface area contributed by atoms with Gasteiger partial charge in [-0.05, 0) is 78.6 Å². The maximum Gasteiger partial charge on any atom is 0.266 e. The lowest BCUT2D eigenvalue weighted by molar-refractivity contribution is -0.112. The molecule has 0 spiro atoms. The molecule has 0 saturated carbocycles. The molecule has 1 amide bonds. The molecule has 33 heavy (non-hydrogen) atoms.